The van der Waals surface area contributed by atoms with E-state index in [1.54, 1.807) is 26.0 Å². The van der Waals surface area contributed by atoms with Crippen LogP contribution >= 0.6 is 18.9 Å². The number of esters is 1. The molecule has 0 aliphatic rings. The van der Waals surface area contributed by atoms with Gasteiger partial charge in [0.15, 0.2) is 0 Å². The van der Waals surface area contributed by atoms with Crippen LogP contribution in [-0.4, -0.2) is 30.9 Å². The Morgan fingerprint density at radius 2 is 1.77 bits per heavy atom. The molecule has 0 spiro atoms. The molecule has 1 atom stereocenters. The summed E-state index contributed by atoms with van der Waals surface area (Å²) in [7, 11) is -3.52. The molecule has 1 aromatic heterocycles. The first-order valence-corrected chi connectivity index (χ1v) is 12.2. The molecule has 0 radical (unpaired) electrons. The van der Waals surface area contributed by atoms with Crippen LogP contribution < -0.4 is 0 Å². The first kappa shape index (κ1) is 22.7. The molecule has 0 aliphatic heterocycles. The fourth-order valence-electron chi connectivity index (χ4n) is 3.13. The molecule has 8 heteroatoms. The van der Waals surface area contributed by atoms with Crippen LogP contribution in [0.3, 0.4) is 0 Å². The fourth-order valence-corrected chi connectivity index (χ4v) is 5.95. The van der Waals surface area contributed by atoms with Gasteiger partial charge in [0.25, 0.3) is 0 Å². The van der Waals surface area contributed by atoms with Gasteiger partial charge in [0.2, 0.25) is 0 Å². The fraction of sp³-hybridized carbons (Fsp3) is 0.318. The van der Waals surface area contributed by atoms with Gasteiger partial charge in [-0.25, -0.2) is 4.79 Å². The maximum absolute atomic E-state index is 13.1. The maximum atomic E-state index is 13.1. The summed E-state index contributed by atoms with van der Waals surface area (Å²) in [5.41, 5.74) is 0.759. The van der Waals surface area contributed by atoms with Crippen molar-refractivity contribution in [3.63, 3.8) is 0 Å². The van der Waals surface area contributed by atoms with E-state index < -0.39 is 19.2 Å². The molecule has 0 aliphatic carbocycles. The molecule has 3 aromatic rings. The number of fused-ring (bicyclic) bond motifs is 1. The number of thiophene rings is 1. The minimum Gasteiger partial charge on any atom is -0.457 e. The summed E-state index contributed by atoms with van der Waals surface area (Å²) in [6.07, 6.45) is 0. The monoisotopic (exact) mass is 448 g/mol. The molecule has 160 valence electrons. The highest BCUT2D eigenvalue weighted by atomic mass is 32.1. The van der Waals surface area contributed by atoms with Gasteiger partial charge in [0.1, 0.15) is 17.1 Å². The molecular weight excluding hydrogens is 423 g/mol. The van der Waals surface area contributed by atoms with Crippen molar-refractivity contribution in [1.29, 1.82) is 0 Å². The second kappa shape index (κ2) is 10.3. The topological polar surface area (TPSA) is 82.1 Å². The van der Waals surface area contributed by atoms with Gasteiger partial charge in [-0.1, -0.05) is 36.4 Å². The quantitative estimate of drug-likeness (QED) is 0.323. The van der Waals surface area contributed by atoms with Crippen molar-refractivity contribution in [1.82, 2.24) is 0 Å². The van der Waals surface area contributed by atoms with E-state index in [1.165, 1.54) is 11.3 Å². The van der Waals surface area contributed by atoms with Crippen molar-refractivity contribution >= 4 is 35.0 Å². The summed E-state index contributed by atoms with van der Waals surface area (Å²) >= 11 is 1.33. The smallest absolute Gasteiger partial charge is 0.348 e. The number of benzene rings is 2. The largest absolute Gasteiger partial charge is 0.457 e. The van der Waals surface area contributed by atoms with Crippen molar-refractivity contribution in [3.8, 4) is 0 Å². The summed E-state index contributed by atoms with van der Waals surface area (Å²) < 4.78 is 30.3. The summed E-state index contributed by atoms with van der Waals surface area (Å²) in [6, 6.07) is 16.7. The van der Waals surface area contributed by atoms with Gasteiger partial charge in [-0.3, -0.25) is 4.57 Å². The maximum Gasteiger partial charge on any atom is 0.348 e. The van der Waals surface area contributed by atoms with E-state index in [2.05, 4.69) is 0 Å². The van der Waals surface area contributed by atoms with E-state index in [0.29, 0.717) is 10.4 Å². The second-order valence-electron chi connectivity index (χ2n) is 6.54. The van der Waals surface area contributed by atoms with Crippen LogP contribution in [0.25, 0.3) is 10.1 Å². The number of carbonyl (C=O) groups is 1. The van der Waals surface area contributed by atoms with Crippen LogP contribution in [0.2, 0.25) is 0 Å². The molecule has 0 bridgehead atoms. The number of ether oxygens (including phenoxy) is 1. The number of aliphatic hydroxyl groups excluding tert-OH is 1. The van der Waals surface area contributed by atoms with Gasteiger partial charge in [-0.2, -0.15) is 0 Å². The molecule has 6 nitrogen and oxygen atoms in total. The number of hydrogen-bond acceptors (Lipinski definition) is 7. The highest BCUT2D eigenvalue weighted by molar-refractivity contribution is 7.54. The molecule has 0 fully saturated rings. The first-order valence-electron chi connectivity index (χ1n) is 9.75. The Morgan fingerprint density at radius 1 is 1.07 bits per heavy atom. The lowest BCUT2D eigenvalue weighted by Crippen LogP contribution is -2.10. The van der Waals surface area contributed by atoms with Gasteiger partial charge in [-0.15, -0.1) is 11.3 Å². The van der Waals surface area contributed by atoms with Crippen LogP contribution in [0.15, 0.2) is 54.6 Å². The highest BCUT2D eigenvalue weighted by Gasteiger charge is 2.36. The summed E-state index contributed by atoms with van der Waals surface area (Å²) in [5.74, 6) is -0.394. The van der Waals surface area contributed by atoms with Gasteiger partial charge >= 0.3 is 13.6 Å². The van der Waals surface area contributed by atoms with Crippen LogP contribution in [0.5, 0.6) is 0 Å². The predicted molar refractivity (Wildman–Crippen MR) is 118 cm³/mol. The molecule has 0 amide bonds. The molecule has 3 rings (SSSR count). The third-order valence-electron chi connectivity index (χ3n) is 4.51. The minimum absolute atomic E-state index is 0.206. The van der Waals surface area contributed by atoms with Crippen LogP contribution in [0.1, 0.15) is 40.3 Å². The molecular formula is C22H25O6PS. The van der Waals surface area contributed by atoms with E-state index in [4.69, 9.17) is 13.8 Å². The van der Waals surface area contributed by atoms with E-state index >= 15 is 0 Å². The van der Waals surface area contributed by atoms with Crippen LogP contribution in [-0.2, 0) is 25.0 Å². The Balaban J connectivity index is 1.82. The number of carbonyl (C=O) groups excluding carboxylic acids is 1. The zero-order valence-corrected chi connectivity index (χ0v) is 18.7. The Labute approximate surface area is 179 Å². The van der Waals surface area contributed by atoms with E-state index in [1.807, 2.05) is 42.5 Å². The first-order chi connectivity index (χ1) is 14.5. The third-order valence-corrected chi connectivity index (χ3v) is 8.07. The van der Waals surface area contributed by atoms with Crippen LogP contribution in [0, 0.1) is 0 Å². The molecule has 0 saturated carbocycles. The minimum atomic E-state index is -3.52. The Hall–Kier alpha value is -2.02. The van der Waals surface area contributed by atoms with Crippen molar-refractivity contribution in [3.05, 3.63) is 70.6 Å². The van der Waals surface area contributed by atoms with Crippen molar-refractivity contribution < 1.29 is 28.3 Å². The van der Waals surface area contributed by atoms with Crippen molar-refractivity contribution in [2.24, 2.45) is 0 Å². The standard InChI is InChI=1S/C22H25O6PS/c1-3-27-29(25,28-4-2)19(14-23)17-10-11-20-18(12-17)13-21(30-20)22(24)26-15-16-8-6-5-7-9-16/h5-13,19,23H,3-4,14-15H2,1-2H3. The van der Waals surface area contributed by atoms with Crippen LogP contribution in [0.4, 0.5) is 0 Å². The lowest BCUT2D eigenvalue weighted by molar-refractivity contribution is 0.0478. The molecule has 0 saturated heterocycles. The molecule has 30 heavy (non-hydrogen) atoms. The van der Waals surface area contributed by atoms with E-state index in [9.17, 15) is 14.5 Å². The Bertz CT molecular complexity index is 1020. The average Bonchev–Trinajstić information content (AvgIpc) is 3.17. The number of aliphatic hydroxyl groups is 1. The second-order valence-corrected chi connectivity index (χ2v) is 9.85. The molecule has 1 heterocycles. The van der Waals surface area contributed by atoms with Gasteiger partial charge in [0.05, 0.1) is 19.8 Å². The van der Waals surface area contributed by atoms with Crippen molar-refractivity contribution in [2.45, 2.75) is 26.1 Å². The predicted octanol–water partition coefficient (Wildman–Crippen LogP) is 5.56. The molecule has 1 N–H and O–H groups in total. The highest BCUT2D eigenvalue weighted by Crippen LogP contribution is 2.60. The summed E-state index contributed by atoms with van der Waals surface area (Å²) in [6.45, 7) is 3.72. The zero-order chi connectivity index (χ0) is 21.6. The van der Waals surface area contributed by atoms with Gasteiger partial charge < -0.3 is 18.9 Å². The SMILES string of the molecule is CCOP(=O)(OCC)C(CO)c1ccc2sc(C(=O)OCc3ccccc3)cc2c1. The van der Waals surface area contributed by atoms with Gasteiger partial charge in [-0.05, 0) is 48.6 Å². The van der Waals surface area contributed by atoms with Gasteiger partial charge in [0, 0.05) is 4.70 Å². The number of rotatable bonds is 10. The number of hydrogen-bond donors (Lipinski definition) is 1. The molecule has 2 aromatic carbocycles. The van der Waals surface area contributed by atoms with Crippen molar-refractivity contribution in [2.75, 3.05) is 19.8 Å². The zero-order valence-electron chi connectivity index (χ0n) is 16.9. The third kappa shape index (κ3) is 5.17. The summed E-state index contributed by atoms with van der Waals surface area (Å²) in [4.78, 5) is 12.9. The van der Waals surface area contributed by atoms with E-state index in [0.717, 1.165) is 15.6 Å². The Morgan fingerprint density at radius 3 is 2.40 bits per heavy atom. The lowest BCUT2D eigenvalue weighted by Gasteiger charge is -2.25. The lowest BCUT2D eigenvalue weighted by atomic mass is 10.1. The van der Waals surface area contributed by atoms with E-state index in [-0.39, 0.29) is 26.4 Å². The molecule has 1 unspecified atom stereocenters. The summed E-state index contributed by atoms with van der Waals surface area (Å²) in [5, 5.41) is 10.7. The Kier molecular flexibility index (Phi) is 7.81. The normalized spacial score (nSPS) is 12.8. The average molecular weight is 448 g/mol.